The number of carbonyl (C=O) groups is 1. The molecule has 0 atom stereocenters. The Morgan fingerprint density at radius 2 is 2.09 bits per heavy atom. The first-order valence-corrected chi connectivity index (χ1v) is 4.54. The van der Waals surface area contributed by atoms with Gasteiger partial charge in [-0.3, -0.25) is 4.79 Å². The third-order valence-electron chi connectivity index (χ3n) is 3.10. The van der Waals surface area contributed by atoms with Crippen LogP contribution in [0.15, 0.2) is 0 Å². The predicted molar refractivity (Wildman–Crippen MR) is 43.7 cm³/mol. The van der Waals surface area contributed by atoms with Crippen LogP contribution in [-0.2, 0) is 0 Å². The first-order chi connectivity index (χ1) is 5.22. The summed E-state index contributed by atoms with van der Waals surface area (Å²) in [5, 5.41) is -0.270. The summed E-state index contributed by atoms with van der Waals surface area (Å²) in [4.78, 5) is 12.5. The molecule has 0 aromatic carbocycles. The highest BCUT2D eigenvalue weighted by molar-refractivity contribution is 6.62. The molecule has 11 heavy (non-hydrogen) atoms. The zero-order chi connectivity index (χ0) is 7.90. The minimum atomic E-state index is -0.270. The third kappa shape index (κ3) is 1.13. The van der Waals surface area contributed by atoms with Gasteiger partial charge in [0.1, 0.15) is 0 Å². The molecule has 2 nitrogen and oxygen atoms in total. The zero-order valence-corrected chi connectivity index (χ0v) is 7.23. The van der Waals surface area contributed by atoms with Crippen molar-refractivity contribution in [3.8, 4) is 0 Å². The van der Waals surface area contributed by atoms with E-state index in [2.05, 4.69) is 0 Å². The maximum absolute atomic E-state index is 10.8. The highest BCUT2D eigenvalue weighted by Gasteiger charge is 2.43. The summed E-state index contributed by atoms with van der Waals surface area (Å²) in [6, 6.07) is 0. The molecular formula is C8H12ClNO. The van der Waals surface area contributed by atoms with Gasteiger partial charge in [0, 0.05) is 13.1 Å². The number of halogens is 1. The molecular weight excluding hydrogens is 162 g/mol. The Bertz CT molecular complexity index is 189. The highest BCUT2D eigenvalue weighted by Crippen LogP contribution is 2.48. The van der Waals surface area contributed by atoms with Crippen LogP contribution in [0.3, 0.4) is 0 Å². The quantitative estimate of drug-likeness (QED) is 0.406. The van der Waals surface area contributed by atoms with Crippen LogP contribution in [0.25, 0.3) is 0 Å². The average Bonchev–Trinajstić information content (AvgIpc) is 2.28. The fourth-order valence-corrected chi connectivity index (χ4v) is 2.31. The Morgan fingerprint density at radius 3 is 2.36 bits per heavy atom. The van der Waals surface area contributed by atoms with Gasteiger partial charge in [-0.2, -0.15) is 0 Å². The SMILES string of the molecule is O=C(Cl)N1CCC2(CCC2)C1. The van der Waals surface area contributed by atoms with Crippen molar-refractivity contribution in [1.82, 2.24) is 4.90 Å². The average molecular weight is 174 g/mol. The van der Waals surface area contributed by atoms with E-state index in [0.29, 0.717) is 5.41 Å². The van der Waals surface area contributed by atoms with Gasteiger partial charge in [-0.1, -0.05) is 6.42 Å². The minimum Gasteiger partial charge on any atom is -0.329 e. The molecule has 1 aliphatic carbocycles. The van der Waals surface area contributed by atoms with Gasteiger partial charge < -0.3 is 4.90 Å². The topological polar surface area (TPSA) is 20.3 Å². The second-order valence-corrected chi connectivity index (χ2v) is 4.10. The molecule has 2 rings (SSSR count). The van der Waals surface area contributed by atoms with Gasteiger partial charge in [-0.25, -0.2) is 0 Å². The zero-order valence-electron chi connectivity index (χ0n) is 6.48. The first kappa shape index (κ1) is 7.41. The van der Waals surface area contributed by atoms with Gasteiger partial charge in [-0.05, 0) is 36.3 Å². The Morgan fingerprint density at radius 1 is 1.36 bits per heavy atom. The molecule has 2 aliphatic rings. The molecule has 1 heterocycles. The number of likely N-dealkylation sites (tertiary alicyclic amines) is 1. The van der Waals surface area contributed by atoms with Crippen molar-refractivity contribution in [2.75, 3.05) is 13.1 Å². The summed E-state index contributed by atoms with van der Waals surface area (Å²) >= 11 is 5.38. The predicted octanol–water partition coefficient (Wildman–Crippen LogP) is 2.22. The number of hydrogen-bond acceptors (Lipinski definition) is 1. The van der Waals surface area contributed by atoms with Crippen molar-refractivity contribution in [1.29, 1.82) is 0 Å². The number of hydrogen-bond donors (Lipinski definition) is 0. The summed E-state index contributed by atoms with van der Waals surface area (Å²) in [7, 11) is 0. The fourth-order valence-electron chi connectivity index (χ4n) is 2.17. The molecule has 62 valence electrons. The standard InChI is InChI=1S/C8H12ClNO/c9-7(11)10-5-4-8(6-10)2-1-3-8/h1-6H2. The Kier molecular flexibility index (Phi) is 1.60. The Labute approximate surface area is 71.5 Å². The molecule has 1 saturated carbocycles. The summed E-state index contributed by atoms with van der Waals surface area (Å²) < 4.78 is 0. The van der Waals surface area contributed by atoms with E-state index in [1.807, 2.05) is 0 Å². The Balaban J connectivity index is 1.98. The van der Waals surface area contributed by atoms with Crippen LogP contribution < -0.4 is 0 Å². The molecule has 1 aliphatic heterocycles. The first-order valence-electron chi connectivity index (χ1n) is 4.16. The van der Waals surface area contributed by atoms with Crippen LogP contribution in [0.2, 0.25) is 0 Å². The van der Waals surface area contributed by atoms with Crippen molar-refractivity contribution in [2.45, 2.75) is 25.7 Å². The van der Waals surface area contributed by atoms with Crippen LogP contribution >= 0.6 is 11.6 Å². The second-order valence-electron chi connectivity index (χ2n) is 3.78. The summed E-state index contributed by atoms with van der Waals surface area (Å²) in [6.07, 6.45) is 5.11. The van der Waals surface area contributed by atoms with Crippen LogP contribution in [0.5, 0.6) is 0 Å². The minimum absolute atomic E-state index is 0.270. The molecule has 2 fully saturated rings. The largest absolute Gasteiger partial charge is 0.329 e. The normalized spacial score (nSPS) is 27.2. The maximum atomic E-state index is 10.8. The van der Waals surface area contributed by atoms with Crippen LogP contribution in [0, 0.1) is 5.41 Å². The van der Waals surface area contributed by atoms with Gasteiger partial charge in [0.2, 0.25) is 0 Å². The molecule has 0 bridgehead atoms. The molecule has 0 unspecified atom stereocenters. The lowest BCUT2D eigenvalue weighted by Crippen LogP contribution is -2.33. The second kappa shape index (κ2) is 2.37. The van der Waals surface area contributed by atoms with E-state index in [4.69, 9.17) is 11.6 Å². The van der Waals surface area contributed by atoms with Crippen LogP contribution in [0.4, 0.5) is 4.79 Å². The van der Waals surface area contributed by atoms with Crippen molar-refractivity contribution < 1.29 is 4.79 Å². The molecule has 0 aromatic heterocycles. The van der Waals surface area contributed by atoms with Crippen molar-refractivity contribution >= 4 is 17.0 Å². The molecule has 0 aromatic rings. The van der Waals surface area contributed by atoms with Gasteiger partial charge in [0.25, 0.3) is 0 Å². The van der Waals surface area contributed by atoms with Crippen molar-refractivity contribution in [3.63, 3.8) is 0 Å². The van der Waals surface area contributed by atoms with Crippen LogP contribution in [-0.4, -0.2) is 23.4 Å². The third-order valence-corrected chi connectivity index (χ3v) is 3.34. The Hall–Kier alpha value is -0.240. The lowest BCUT2D eigenvalue weighted by atomic mass is 9.68. The summed E-state index contributed by atoms with van der Waals surface area (Å²) in [5.74, 6) is 0. The number of rotatable bonds is 0. The maximum Gasteiger partial charge on any atom is 0.316 e. The van der Waals surface area contributed by atoms with E-state index in [1.54, 1.807) is 4.90 Å². The summed E-state index contributed by atoms with van der Waals surface area (Å²) in [6.45, 7) is 1.79. The van der Waals surface area contributed by atoms with Crippen LogP contribution in [0.1, 0.15) is 25.7 Å². The molecule has 1 saturated heterocycles. The van der Waals surface area contributed by atoms with Gasteiger partial charge in [-0.15, -0.1) is 0 Å². The van der Waals surface area contributed by atoms with E-state index < -0.39 is 0 Å². The molecule has 3 heteroatoms. The number of amides is 1. The van der Waals surface area contributed by atoms with Gasteiger partial charge in [0.15, 0.2) is 0 Å². The van der Waals surface area contributed by atoms with E-state index in [0.717, 1.165) is 13.1 Å². The van der Waals surface area contributed by atoms with E-state index >= 15 is 0 Å². The monoisotopic (exact) mass is 173 g/mol. The summed E-state index contributed by atoms with van der Waals surface area (Å²) in [5.41, 5.74) is 0.491. The fraction of sp³-hybridized carbons (Fsp3) is 0.875. The van der Waals surface area contributed by atoms with Crippen molar-refractivity contribution in [3.05, 3.63) is 0 Å². The molecule has 1 spiro atoms. The van der Waals surface area contributed by atoms with E-state index in [-0.39, 0.29) is 5.37 Å². The lowest BCUT2D eigenvalue weighted by molar-refractivity contribution is 0.146. The lowest BCUT2D eigenvalue weighted by Gasteiger charge is -2.37. The number of carbonyl (C=O) groups excluding carboxylic acids is 1. The molecule has 0 N–H and O–H groups in total. The highest BCUT2D eigenvalue weighted by atomic mass is 35.5. The van der Waals surface area contributed by atoms with Gasteiger partial charge >= 0.3 is 5.37 Å². The number of nitrogens with zero attached hydrogens (tertiary/aromatic N) is 1. The molecule has 1 amide bonds. The molecule has 0 radical (unpaired) electrons. The van der Waals surface area contributed by atoms with Gasteiger partial charge in [0.05, 0.1) is 0 Å². The van der Waals surface area contributed by atoms with E-state index in [9.17, 15) is 4.79 Å². The van der Waals surface area contributed by atoms with Crippen molar-refractivity contribution in [2.24, 2.45) is 5.41 Å². The van der Waals surface area contributed by atoms with E-state index in [1.165, 1.54) is 25.7 Å². The smallest absolute Gasteiger partial charge is 0.316 e.